The van der Waals surface area contributed by atoms with Crippen molar-refractivity contribution in [2.75, 3.05) is 13.1 Å². The molecule has 0 radical (unpaired) electrons. The molecule has 0 amide bonds. The van der Waals surface area contributed by atoms with E-state index in [9.17, 15) is 0 Å². The van der Waals surface area contributed by atoms with Crippen LogP contribution in [0.4, 0.5) is 0 Å². The average Bonchev–Trinajstić information content (AvgIpc) is 2.01. The first-order valence-corrected chi connectivity index (χ1v) is 6.12. The molecule has 0 aromatic carbocycles. The summed E-state index contributed by atoms with van der Waals surface area (Å²) in [7, 11) is 0. The Morgan fingerprint density at radius 3 is 2.43 bits per heavy atom. The lowest BCUT2D eigenvalue weighted by atomic mass is 9.81. The Kier molecular flexibility index (Phi) is 4.00. The minimum atomic E-state index is 0.505. The summed E-state index contributed by atoms with van der Waals surface area (Å²) in [6.07, 6.45) is 4.23. The molecule has 1 rings (SSSR count). The normalized spacial score (nSPS) is 25.7. The van der Waals surface area contributed by atoms with E-state index in [0.29, 0.717) is 5.41 Å². The Balaban J connectivity index is 2.40. The smallest absolute Gasteiger partial charge is 0.00387 e. The van der Waals surface area contributed by atoms with E-state index in [-0.39, 0.29) is 0 Å². The second kappa shape index (κ2) is 4.65. The van der Waals surface area contributed by atoms with Gasteiger partial charge in [-0.25, -0.2) is 0 Å². The molecule has 0 aromatic heterocycles. The molecule has 0 spiro atoms. The van der Waals surface area contributed by atoms with Gasteiger partial charge in [0.15, 0.2) is 0 Å². The second-order valence-electron chi connectivity index (χ2n) is 6.36. The Labute approximate surface area is 89.9 Å². The van der Waals surface area contributed by atoms with Gasteiger partial charge in [-0.05, 0) is 51.0 Å². The summed E-state index contributed by atoms with van der Waals surface area (Å²) >= 11 is 0. The summed E-state index contributed by atoms with van der Waals surface area (Å²) in [5.74, 6) is 0.936. The van der Waals surface area contributed by atoms with Gasteiger partial charge in [0.25, 0.3) is 0 Å². The first-order chi connectivity index (χ1) is 6.38. The lowest BCUT2D eigenvalue weighted by Gasteiger charge is -2.37. The van der Waals surface area contributed by atoms with E-state index >= 15 is 0 Å². The second-order valence-corrected chi connectivity index (χ2v) is 6.36. The number of hydrogen-bond acceptors (Lipinski definition) is 1. The van der Waals surface area contributed by atoms with E-state index in [0.717, 1.165) is 12.0 Å². The van der Waals surface area contributed by atoms with Crippen LogP contribution < -0.4 is 0 Å². The van der Waals surface area contributed by atoms with Crippen LogP contribution >= 0.6 is 0 Å². The zero-order valence-electron chi connectivity index (χ0n) is 10.6. The summed E-state index contributed by atoms with van der Waals surface area (Å²) in [6.45, 7) is 14.4. The van der Waals surface area contributed by atoms with Gasteiger partial charge in [-0.1, -0.05) is 20.8 Å². The molecule has 14 heavy (non-hydrogen) atoms. The summed E-state index contributed by atoms with van der Waals surface area (Å²) in [5.41, 5.74) is 0.505. The Morgan fingerprint density at radius 2 is 1.93 bits per heavy atom. The van der Waals surface area contributed by atoms with E-state index in [1.54, 1.807) is 0 Å². The van der Waals surface area contributed by atoms with E-state index in [1.165, 1.54) is 32.4 Å². The number of nitrogens with zero attached hydrogens (tertiary/aromatic N) is 1. The highest BCUT2D eigenvalue weighted by Gasteiger charge is 2.25. The van der Waals surface area contributed by atoms with E-state index in [1.807, 2.05) is 0 Å². The fourth-order valence-electron chi connectivity index (χ4n) is 2.60. The van der Waals surface area contributed by atoms with Gasteiger partial charge >= 0.3 is 0 Å². The van der Waals surface area contributed by atoms with Crippen LogP contribution in [0.3, 0.4) is 0 Å². The predicted molar refractivity (Wildman–Crippen MR) is 63.5 cm³/mol. The largest absolute Gasteiger partial charge is 0.301 e. The average molecular weight is 197 g/mol. The van der Waals surface area contributed by atoms with Crippen molar-refractivity contribution in [2.24, 2.45) is 11.3 Å². The van der Waals surface area contributed by atoms with Crippen LogP contribution in [-0.4, -0.2) is 24.0 Å². The molecular weight excluding hydrogens is 170 g/mol. The van der Waals surface area contributed by atoms with Gasteiger partial charge in [0.1, 0.15) is 0 Å². The van der Waals surface area contributed by atoms with Crippen LogP contribution in [0.25, 0.3) is 0 Å². The highest BCUT2D eigenvalue weighted by Crippen LogP contribution is 2.30. The minimum absolute atomic E-state index is 0.505. The van der Waals surface area contributed by atoms with E-state index in [4.69, 9.17) is 0 Å². The number of hydrogen-bond donors (Lipinski definition) is 0. The van der Waals surface area contributed by atoms with Crippen molar-refractivity contribution >= 4 is 0 Å². The molecule has 1 heteroatoms. The van der Waals surface area contributed by atoms with Gasteiger partial charge in [0.05, 0.1) is 0 Å². The standard InChI is InChI=1S/C13H27N/c1-11(2)14-8-6-7-12(10-14)9-13(3,4)5/h11-12H,6-10H2,1-5H3/t12-/m1/s1. The molecule has 0 bridgehead atoms. The summed E-state index contributed by atoms with van der Waals surface area (Å²) in [5, 5.41) is 0. The predicted octanol–water partition coefficient (Wildman–Crippen LogP) is 3.54. The molecule has 1 saturated heterocycles. The molecule has 1 fully saturated rings. The number of piperidine rings is 1. The third-order valence-corrected chi connectivity index (χ3v) is 3.18. The SMILES string of the molecule is CC(C)N1CCC[C@H](CC(C)(C)C)C1. The topological polar surface area (TPSA) is 3.24 Å². The van der Waals surface area contributed by atoms with Crippen LogP contribution in [0, 0.1) is 11.3 Å². The zero-order valence-corrected chi connectivity index (χ0v) is 10.6. The Bertz CT molecular complexity index is 167. The summed E-state index contributed by atoms with van der Waals surface area (Å²) in [6, 6.07) is 0.734. The van der Waals surface area contributed by atoms with Crippen LogP contribution in [0.5, 0.6) is 0 Å². The first kappa shape index (κ1) is 12.0. The quantitative estimate of drug-likeness (QED) is 0.654. The number of likely N-dealkylation sites (tertiary alicyclic amines) is 1. The van der Waals surface area contributed by atoms with Crippen molar-refractivity contribution < 1.29 is 0 Å². The molecule has 84 valence electrons. The molecule has 1 aliphatic heterocycles. The fourth-order valence-corrected chi connectivity index (χ4v) is 2.60. The van der Waals surface area contributed by atoms with Crippen molar-refractivity contribution in [3.63, 3.8) is 0 Å². The third-order valence-electron chi connectivity index (χ3n) is 3.18. The van der Waals surface area contributed by atoms with Gasteiger partial charge in [0, 0.05) is 12.6 Å². The van der Waals surface area contributed by atoms with Crippen molar-refractivity contribution in [3.05, 3.63) is 0 Å². The van der Waals surface area contributed by atoms with E-state index in [2.05, 4.69) is 39.5 Å². The molecule has 1 atom stereocenters. The van der Waals surface area contributed by atoms with Crippen LogP contribution in [0.15, 0.2) is 0 Å². The summed E-state index contributed by atoms with van der Waals surface area (Å²) < 4.78 is 0. The van der Waals surface area contributed by atoms with Gasteiger partial charge < -0.3 is 4.90 Å². The van der Waals surface area contributed by atoms with Crippen LogP contribution in [-0.2, 0) is 0 Å². The maximum atomic E-state index is 2.64. The fraction of sp³-hybridized carbons (Fsp3) is 1.00. The van der Waals surface area contributed by atoms with Gasteiger partial charge in [-0.3, -0.25) is 0 Å². The molecule has 0 N–H and O–H groups in total. The zero-order chi connectivity index (χ0) is 10.8. The van der Waals surface area contributed by atoms with E-state index < -0.39 is 0 Å². The molecule has 1 aliphatic rings. The molecule has 0 aliphatic carbocycles. The highest BCUT2D eigenvalue weighted by molar-refractivity contribution is 4.78. The van der Waals surface area contributed by atoms with Crippen LogP contribution in [0.2, 0.25) is 0 Å². The Hall–Kier alpha value is -0.0400. The molecule has 1 heterocycles. The highest BCUT2D eigenvalue weighted by atomic mass is 15.2. The van der Waals surface area contributed by atoms with Gasteiger partial charge in [-0.15, -0.1) is 0 Å². The Morgan fingerprint density at radius 1 is 1.29 bits per heavy atom. The van der Waals surface area contributed by atoms with Crippen molar-refractivity contribution in [1.82, 2.24) is 4.90 Å². The van der Waals surface area contributed by atoms with Crippen molar-refractivity contribution in [3.8, 4) is 0 Å². The minimum Gasteiger partial charge on any atom is -0.301 e. The maximum Gasteiger partial charge on any atom is 0.00387 e. The first-order valence-electron chi connectivity index (χ1n) is 6.12. The third kappa shape index (κ3) is 4.00. The van der Waals surface area contributed by atoms with Gasteiger partial charge in [0.2, 0.25) is 0 Å². The maximum absolute atomic E-state index is 2.64. The summed E-state index contributed by atoms with van der Waals surface area (Å²) in [4.78, 5) is 2.64. The van der Waals surface area contributed by atoms with Gasteiger partial charge in [-0.2, -0.15) is 0 Å². The molecule has 0 aromatic rings. The molecule has 0 unspecified atom stereocenters. The van der Waals surface area contributed by atoms with Crippen molar-refractivity contribution in [1.29, 1.82) is 0 Å². The monoisotopic (exact) mass is 197 g/mol. The lowest BCUT2D eigenvalue weighted by molar-refractivity contribution is 0.114. The number of rotatable bonds is 2. The van der Waals surface area contributed by atoms with Crippen LogP contribution in [0.1, 0.15) is 53.9 Å². The van der Waals surface area contributed by atoms with Crippen molar-refractivity contribution in [2.45, 2.75) is 59.9 Å². The molecular formula is C13H27N. The molecule has 1 nitrogen and oxygen atoms in total. The molecule has 0 saturated carbocycles. The lowest BCUT2D eigenvalue weighted by Crippen LogP contribution is -2.40.